The Morgan fingerprint density at radius 2 is 1.81 bits per heavy atom. The minimum atomic E-state index is 0.140. The Morgan fingerprint density at radius 1 is 1.10 bits per heavy atom. The number of rotatable bonds is 5. The molecule has 2 aromatic carbocycles. The molecule has 0 radical (unpaired) electrons. The van der Waals surface area contributed by atoms with Crippen LogP contribution in [0.25, 0.3) is 0 Å². The predicted molar refractivity (Wildman–Crippen MR) is 88.8 cm³/mol. The van der Waals surface area contributed by atoms with Crippen molar-refractivity contribution in [2.75, 3.05) is 7.11 Å². The third-order valence-electron chi connectivity index (χ3n) is 3.58. The molecular formula is C17H20BrNO2. The maximum Gasteiger partial charge on any atom is 0.160 e. The second-order valence-electron chi connectivity index (χ2n) is 5.06. The van der Waals surface area contributed by atoms with E-state index in [1.54, 1.807) is 13.2 Å². The van der Waals surface area contributed by atoms with Crippen molar-refractivity contribution in [2.24, 2.45) is 0 Å². The Morgan fingerprint density at radius 3 is 2.48 bits per heavy atom. The first-order valence-corrected chi connectivity index (χ1v) is 7.69. The summed E-state index contributed by atoms with van der Waals surface area (Å²) in [6.45, 7) is 4.23. The first-order chi connectivity index (χ1) is 10.0. The molecule has 0 bridgehead atoms. The molecule has 0 aliphatic heterocycles. The Kier molecular flexibility index (Phi) is 5.26. The number of methoxy groups -OCH3 is 1. The molecule has 21 heavy (non-hydrogen) atoms. The van der Waals surface area contributed by atoms with Gasteiger partial charge in [0.25, 0.3) is 0 Å². The quantitative estimate of drug-likeness (QED) is 0.830. The van der Waals surface area contributed by atoms with Crippen molar-refractivity contribution in [1.82, 2.24) is 5.32 Å². The van der Waals surface area contributed by atoms with Crippen LogP contribution in [0.4, 0.5) is 0 Å². The Labute approximate surface area is 134 Å². The van der Waals surface area contributed by atoms with Gasteiger partial charge in [0.2, 0.25) is 0 Å². The highest BCUT2D eigenvalue weighted by Crippen LogP contribution is 2.30. The number of aromatic hydroxyl groups is 1. The van der Waals surface area contributed by atoms with Crippen LogP contribution in [0, 0.1) is 0 Å². The lowest BCUT2D eigenvalue weighted by atomic mass is 10.0. The van der Waals surface area contributed by atoms with Gasteiger partial charge in [0.05, 0.1) is 7.11 Å². The van der Waals surface area contributed by atoms with Crippen molar-refractivity contribution in [3.8, 4) is 11.5 Å². The van der Waals surface area contributed by atoms with Gasteiger partial charge in [-0.1, -0.05) is 40.2 Å². The van der Waals surface area contributed by atoms with E-state index < -0.39 is 0 Å². The van der Waals surface area contributed by atoms with Gasteiger partial charge in [0, 0.05) is 16.6 Å². The third-order valence-corrected chi connectivity index (χ3v) is 4.30. The van der Waals surface area contributed by atoms with Crippen molar-refractivity contribution in [3.05, 3.63) is 58.1 Å². The van der Waals surface area contributed by atoms with Crippen molar-refractivity contribution in [1.29, 1.82) is 0 Å². The average molecular weight is 350 g/mol. The summed E-state index contributed by atoms with van der Waals surface area (Å²) in [6, 6.07) is 14.0. The van der Waals surface area contributed by atoms with Crippen LogP contribution in [0.2, 0.25) is 0 Å². The van der Waals surface area contributed by atoms with E-state index in [1.165, 1.54) is 5.56 Å². The second-order valence-corrected chi connectivity index (χ2v) is 5.92. The van der Waals surface area contributed by atoms with Crippen LogP contribution in [0.15, 0.2) is 46.9 Å². The van der Waals surface area contributed by atoms with Gasteiger partial charge in [-0.05, 0) is 43.2 Å². The van der Waals surface area contributed by atoms with E-state index in [4.69, 9.17) is 4.74 Å². The van der Waals surface area contributed by atoms with Crippen LogP contribution < -0.4 is 10.1 Å². The average Bonchev–Trinajstić information content (AvgIpc) is 2.48. The lowest BCUT2D eigenvalue weighted by Crippen LogP contribution is -2.22. The van der Waals surface area contributed by atoms with Crippen molar-refractivity contribution < 1.29 is 9.84 Å². The number of halogens is 1. The van der Waals surface area contributed by atoms with E-state index in [0.29, 0.717) is 5.75 Å². The molecule has 112 valence electrons. The molecule has 2 unspecified atom stereocenters. The lowest BCUT2D eigenvalue weighted by molar-refractivity contribution is 0.371. The molecule has 0 aliphatic rings. The molecular weight excluding hydrogens is 330 g/mol. The number of phenols is 1. The van der Waals surface area contributed by atoms with Gasteiger partial charge in [0.15, 0.2) is 11.5 Å². The standard InChI is InChI=1S/C17H20BrNO2/c1-11(13-8-9-16(20)17(10-13)21-3)19-12(2)14-6-4-5-7-15(14)18/h4-12,19-20H,1-3H3. The Hall–Kier alpha value is -1.52. The maximum atomic E-state index is 9.66. The molecule has 2 rings (SSSR count). The normalized spacial score (nSPS) is 13.7. The molecule has 0 fully saturated rings. The molecule has 2 N–H and O–H groups in total. The number of benzene rings is 2. The second kappa shape index (κ2) is 6.96. The van der Waals surface area contributed by atoms with Crippen LogP contribution in [0.1, 0.15) is 37.1 Å². The van der Waals surface area contributed by atoms with Crippen molar-refractivity contribution >= 4 is 15.9 Å². The van der Waals surface area contributed by atoms with Crippen LogP contribution in [-0.2, 0) is 0 Å². The first kappa shape index (κ1) is 15.9. The van der Waals surface area contributed by atoms with E-state index in [1.807, 2.05) is 30.3 Å². The zero-order valence-electron chi connectivity index (χ0n) is 12.4. The van der Waals surface area contributed by atoms with Gasteiger partial charge >= 0.3 is 0 Å². The number of hydrogen-bond acceptors (Lipinski definition) is 3. The van der Waals surface area contributed by atoms with Crippen LogP contribution in [0.3, 0.4) is 0 Å². The monoisotopic (exact) mass is 349 g/mol. The first-order valence-electron chi connectivity index (χ1n) is 6.90. The molecule has 0 amide bonds. The zero-order valence-corrected chi connectivity index (χ0v) is 14.0. The summed E-state index contributed by atoms with van der Waals surface area (Å²) >= 11 is 3.58. The zero-order chi connectivity index (χ0) is 15.4. The molecule has 3 nitrogen and oxygen atoms in total. The smallest absolute Gasteiger partial charge is 0.160 e. The van der Waals surface area contributed by atoms with Crippen LogP contribution in [0.5, 0.6) is 11.5 Å². The Balaban J connectivity index is 2.14. The van der Waals surface area contributed by atoms with Gasteiger partial charge < -0.3 is 15.2 Å². The fourth-order valence-electron chi connectivity index (χ4n) is 2.35. The molecule has 4 heteroatoms. The summed E-state index contributed by atoms with van der Waals surface area (Å²) in [6.07, 6.45) is 0. The molecule has 0 saturated carbocycles. The van der Waals surface area contributed by atoms with Crippen LogP contribution >= 0.6 is 15.9 Å². The molecule has 0 saturated heterocycles. The summed E-state index contributed by atoms with van der Waals surface area (Å²) in [5.74, 6) is 0.655. The SMILES string of the molecule is COc1cc(C(C)NC(C)c2ccccc2Br)ccc1O. The number of phenolic OH excluding ortho intramolecular Hbond substituents is 1. The molecule has 2 atom stereocenters. The molecule has 0 heterocycles. The van der Waals surface area contributed by atoms with Crippen LogP contribution in [-0.4, -0.2) is 12.2 Å². The summed E-state index contributed by atoms with van der Waals surface area (Å²) in [5.41, 5.74) is 2.29. The minimum Gasteiger partial charge on any atom is -0.504 e. The van der Waals surface area contributed by atoms with E-state index in [2.05, 4.69) is 41.2 Å². The van der Waals surface area contributed by atoms with E-state index in [0.717, 1.165) is 10.0 Å². The number of nitrogens with one attached hydrogen (secondary N) is 1. The van der Waals surface area contributed by atoms with E-state index >= 15 is 0 Å². The summed E-state index contributed by atoms with van der Waals surface area (Å²) in [7, 11) is 1.56. The Bertz CT molecular complexity index is 615. The highest BCUT2D eigenvalue weighted by molar-refractivity contribution is 9.10. The van der Waals surface area contributed by atoms with Gasteiger partial charge in [-0.3, -0.25) is 0 Å². The summed E-state index contributed by atoms with van der Waals surface area (Å²) in [4.78, 5) is 0. The number of hydrogen-bond donors (Lipinski definition) is 2. The molecule has 0 aliphatic carbocycles. The summed E-state index contributed by atoms with van der Waals surface area (Å²) < 4.78 is 6.26. The summed E-state index contributed by atoms with van der Waals surface area (Å²) in [5, 5.41) is 13.2. The van der Waals surface area contributed by atoms with Gasteiger partial charge in [0.1, 0.15) is 0 Å². The lowest BCUT2D eigenvalue weighted by Gasteiger charge is -2.22. The van der Waals surface area contributed by atoms with Crippen molar-refractivity contribution in [3.63, 3.8) is 0 Å². The fraction of sp³-hybridized carbons (Fsp3) is 0.294. The predicted octanol–water partition coefficient (Wildman–Crippen LogP) is 4.58. The van der Waals surface area contributed by atoms with E-state index in [9.17, 15) is 5.11 Å². The molecule has 0 spiro atoms. The van der Waals surface area contributed by atoms with Gasteiger partial charge in [-0.25, -0.2) is 0 Å². The highest BCUT2D eigenvalue weighted by Gasteiger charge is 2.14. The largest absolute Gasteiger partial charge is 0.504 e. The topological polar surface area (TPSA) is 41.5 Å². The third kappa shape index (κ3) is 3.77. The minimum absolute atomic E-state index is 0.140. The fourth-order valence-corrected chi connectivity index (χ4v) is 2.98. The molecule has 2 aromatic rings. The van der Waals surface area contributed by atoms with E-state index in [-0.39, 0.29) is 17.8 Å². The highest BCUT2D eigenvalue weighted by atomic mass is 79.9. The van der Waals surface area contributed by atoms with Gasteiger partial charge in [-0.2, -0.15) is 0 Å². The van der Waals surface area contributed by atoms with Crippen molar-refractivity contribution in [2.45, 2.75) is 25.9 Å². The van der Waals surface area contributed by atoms with Gasteiger partial charge in [-0.15, -0.1) is 0 Å². The number of ether oxygens (including phenoxy) is 1. The maximum absolute atomic E-state index is 9.66. The molecule has 0 aromatic heterocycles.